The van der Waals surface area contributed by atoms with Crippen molar-refractivity contribution in [2.24, 2.45) is 11.8 Å². The Morgan fingerprint density at radius 1 is 0.522 bits per heavy atom. The Morgan fingerprint density at radius 2 is 1.04 bits per heavy atom. The maximum atomic E-state index is 3.73. The third-order valence-corrected chi connectivity index (χ3v) is 9.97. The molecule has 0 heteroatoms. The summed E-state index contributed by atoms with van der Waals surface area (Å²) in [5, 5.41) is 4.79. The van der Waals surface area contributed by atoms with Crippen molar-refractivity contribution in [2.45, 2.75) is 90.9 Å². The van der Waals surface area contributed by atoms with Crippen molar-refractivity contribution < 1.29 is 0 Å². The lowest BCUT2D eigenvalue weighted by Gasteiger charge is -2.25. The minimum atomic E-state index is 0.506. The van der Waals surface area contributed by atoms with E-state index in [-0.39, 0.29) is 0 Å². The van der Waals surface area contributed by atoms with Crippen LogP contribution in [-0.4, -0.2) is 0 Å². The molecule has 5 aromatic rings. The van der Waals surface area contributed by atoms with Gasteiger partial charge < -0.3 is 0 Å². The maximum absolute atomic E-state index is 3.73. The summed E-state index contributed by atoms with van der Waals surface area (Å²) in [7, 11) is 0. The average Bonchev–Trinajstić information content (AvgIpc) is 3.11. The van der Waals surface area contributed by atoms with Gasteiger partial charge in [-0.1, -0.05) is 161 Å². The van der Waals surface area contributed by atoms with E-state index in [1.165, 1.54) is 115 Å². The van der Waals surface area contributed by atoms with Gasteiger partial charge in [0.05, 0.1) is 0 Å². The zero-order valence-electron chi connectivity index (χ0n) is 27.9. The highest BCUT2D eigenvalue weighted by atomic mass is 14.2. The van der Waals surface area contributed by atoms with Crippen LogP contribution < -0.4 is 0 Å². The molecule has 0 heterocycles. The van der Waals surface area contributed by atoms with Crippen molar-refractivity contribution >= 4 is 21.5 Å². The van der Waals surface area contributed by atoms with Crippen LogP contribution >= 0.6 is 0 Å². The number of rotatable bonds is 9. The highest BCUT2D eigenvalue weighted by Crippen LogP contribution is 2.34. The molecule has 232 valence electrons. The normalized spacial score (nSPS) is 16.0. The van der Waals surface area contributed by atoms with E-state index in [4.69, 9.17) is 0 Å². The van der Waals surface area contributed by atoms with E-state index in [0.29, 0.717) is 5.92 Å². The van der Waals surface area contributed by atoms with E-state index in [1.807, 2.05) is 0 Å². The summed E-state index contributed by atoms with van der Waals surface area (Å²) in [5.74, 6) is 16.0. The lowest BCUT2D eigenvalue weighted by Crippen LogP contribution is -2.13. The van der Waals surface area contributed by atoms with Crippen LogP contribution in [0.3, 0.4) is 0 Å². The van der Waals surface area contributed by atoms with E-state index in [9.17, 15) is 0 Å². The second-order valence-corrected chi connectivity index (χ2v) is 13.3. The van der Waals surface area contributed by atoms with Crippen molar-refractivity contribution in [3.63, 3.8) is 0 Å². The van der Waals surface area contributed by atoms with Crippen LogP contribution in [-0.2, 0) is 6.42 Å². The van der Waals surface area contributed by atoms with Crippen molar-refractivity contribution in [1.82, 2.24) is 0 Å². The molecule has 1 saturated carbocycles. The number of aryl methyl sites for hydroxylation is 1. The zero-order valence-corrected chi connectivity index (χ0v) is 27.9. The first-order chi connectivity index (χ1) is 22.7. The Balaban J connectivity index is 1.24. The molecule has 1 aliphatic rings. The van der Waals surface area contributed by atoms with Crippen molar-refractivity contribution in [3.05, 3.63) is 119 Å². The maximum Gasteiger partial charge on any atom is 0.0406 e. The first kappa shape index (κ1) is 31.7. The highest BCUT2D eigenvalue weighted by molar-refractivity contribution is 6.09. The Hall–Kier alpha value is -4.26. The molecule has 0 aliphatic heterocycles. The van der Waals surface area contributed by atoms with E-state index < -0.39 is 0 Å². The standard InChI is InChI=1S/C46H48/c1-3-5-7-13-35-19-21-37(22-20-35)27-33-45-41-15-9-11-17-43(41)46(44-18-12-10-16-42(44)45)34-28-38-25-31-40(32-26-38)39-29-23-36(24-30-39)14-8-6-4-2/h9-12,15-18,23-26,29-32,35,37H,3-8,13-14,19-22H2,1-2H3. The summed E-state index contributed by atoms with van der Waals surface area (Å²) in [5.41, 5.74) is 7.19. The summed E-state index contributed by atoms with van der Waals surface area (Å²) < 4.78 is 0. The second-order valence-electron chi connectivity index (χ2n) is 13.3. The molecule has 0 N–H and O–H groups in total. The van der Waals surface area contributed by atoms with Gasteiger partial charge in [0.1, 0.15) is 0 Å². The number of fused-ring (bicyclic) bond motifs is 2. The molecule has 0 spiro atoms. The molecule has 1 aliphatic carbocycles. The van der Waals surface area contributed by atoms with Crippen LogP contribution in [0.2, 0.25) is 0 Å². The summed E-state index contributed by atoms with van der Waals surface area (Å²) in [6.07, 6.45) is 15.6. The SMILES string of the molecule is CCCCCc1ccc(-c2ccc(C#Cc3c4ccccc4c(C#CC4CCC(CCCCC)CC4)c4ccccc34)cc2)cc1. The summed E-state index contributed by atoms with van der Waals surface area (Å²) in [4.78, 5) is 0. The molecule has 46 heavy (non-hydrogen) atoms. The van der Waals surface area contributed by atoms with Crippen LogP contribution in [0, 0.1) is 35.5 Å². The monoisotopic (exact) mass is 600 g/mol. The molecule has 6 rings (SSSR count). The van der Waals surface area contributed by atoms with Gasteiger partial charge in [-0.15, -0.1) is 0 Å². The van der Waals surface area contributed by atoms with E-state index in [0.717, 1.165) is 22.6 Å². The first-order valence-electron chi connectivity index (χ1n) is 17.9. The van der Waals surface area contributed by atoms with Gasteiger partial charge in [0.25, 0.3) is 0 Å². The number of unbranched alkanes of at least 4 members (excludes halogenated alkanes) is 4. The number of hydrogen-bond donors (Lipinski definition) is 0. The molecule has 0 aromatic heterocycles. The topological polar surface area (TPSA) is 0 Å². The van der Waals surface area contributed by atoms with Crippen LogP contribution in [0.1, 0.15) is 107 Å². The molecule has 0 amide bonds. The predicted octanol–water partition coefficient (Wildman–Crippen LogP) is 12.5. The predicted molar refractivity (Wildman–Crippen MR) is 199 cm³/mol. The smallest absolute Gasteiger partial charge is 0.0406 e. The third-order valence-electron chi connectivity index (χ3n) is 9.97. The summed E-state index contributed by atoms with van der Waals surface area (Å²) in [6.45, 7) is 4.56. The van der Waals surface area contributed by atoms with Crippen LogP contribution in [0.15, 0.2) is 97.1 Å². The third kappa shape index (κ3) is 7.75. The second kappa shape index (κ2) is 15.8. The van der Waals surface area contributed by atoms with Crippen molar-refractivity contribution in [3.8, 4) is 34.8 Å². The minimum Gasteiger partial charge on any atom is -0.0944 e. The van der Waals surface area contributed by atoms with Crippen LogP contribution in [0.25, 0.3) is 32.7 Å². The van der Waals surface area contributed by atoms with Gasteiger partial charge in [0, 0.05) is 22.6 Å². The fourth-order valence-electron chi connectivity index (χ4n) is 7.17. The van der Waals surface area contributed by atoms with Gasteiger partial charge in [-0.05, 0) is 94.8 Å². The molecule has 0 nitrogen and oxygen atoms in total. The van der Waals surface area contributed by atoms with Crippen molar-refractivity contribution in [1.29, 1.82) is 0 Å². The average molecular weight is 601 g/mol. The molecule has 1 fully saturated rings. The van der Waals surface area contributed by atoms with Crippen LogP contribution in [0.5, 0.6) is 0 Å². The number of hydrogen-bond acceptors (Lipinski definition) is 0. The van der Waals surface area contributed by atoms with Gasteiger partial charge in [0.2, 0.25) is 0 Å². The van der Waals surface area contributed by atoms with Gasteiger partial charge in [-0.25, -0.2) is 0 Å². The fourth-order valence-corrected chi connectivity index (χ4v) is 7.17. The zero-order chi connectivity index (χ0) is 31.6. The van der Waals surface area contributed by atoms with Crippen molar-refractivity contribution in [2.75, 3.05) is 0 Å². The number of benzene rings is 5. The Bertz CT molecular complexity index is 1800. The largest absolute Gasteiger partial charge is 0.0944 e. The molecular formula is C46H48. The summed E-state index contributed by atoms with van der Waals surface area (Å²) >= 11 is 0. The summed E-state index contributed by atoms with van der Waals surface area (Å²) in [6, 6.07) is 35.2. The lowest BCUT2D eigenvalue weighted by molar-refractivity contribution is 0.294. The van der Waals surface area contributed by atoms with E-state index in [1.54, 1.807) is 0 Å². The van der Waals surface area contributed by atoms with Gasteiger partial charge in [-0.2, -0.15) is 0 Å². The van der Waals surface area contributed by atoms with E-state index in [2.05, 4.69) is 135 Å². The molecule has 0 bridgehead atoms. The molecule has 5 aromatic carbocycles. The van der Waals surface area contributed by atoms with Gasteiger partial charge in [-0.3, -0.25) is 0 Å². The Morgan fingerprint density at radius 3 is 1.61 bits per heavy atom. The lowest BCUT2D eigenvalue weighted by atomic mass is 9.80. The molecular weight excluding hydrogens is 553 g/mol. The molecule has 0 radical (unpaired) electrons. The fraction of sp³-hybridized carbons (Fsp3) is 0.348. The molecule has 0 unspecified atom stereocenters. The first-order valence-corrected chi connectivity index (χ1v) is 17.9. The minimum absolute atomic E-state index is 0.506. The van der Waals surface area contributed by atoms with E-state index >= 15 is 0 Å². The van der Waals surface area contributed by atoms with Crippen LogP contribution in [0.4, 0.5) is 0 Å². The highest BCUT2D eigenvalue weighted by Gasteiger charge is 2.19. The van der Waals surface area contributed by atoms with Gasteiger partial charge in [0.15, 0.2) is 0 Å². The van der Waals surface area contributed by atoms with Gasteiger partial charge >= 0.3 is 0 Å². The Kier molecular flexibility index (Phi) is 10.9. The quantitative estimate of drug-likeness (QED) is 0.0897. The Labute approximate surface area is 277 Å². The molecule has 0 saturated heterocycles. The molecule has 0 atom stereocenters.